The van der Waals surface area contributed by atoms with Crippen molar-refractivity contribution in [1.82, 2.24) is 4.90 Å². The lowest BCUT2D eigenvalue weighted by Gasteiger charge is -2.33. The standard InChI is InChI=1S/C20H22N2O2/c23-19-20(16-6-2-1-3-7-16,10-11-22-12-14-24-15-13-22)17-8-4-5-9-18(17)21-19/h1-9H,10-15H2,(H,21,23). The molecule has 0 radical (unpaired) electrons. The molecule has 0 bridgehead atoms. The van der Waals surface area contributed by atoms with Gasteiger partial charge in [-0.15, -0.1) is 0 Å². The number of fused-ring (bicyclic) bond motifs is 1. The van der Waals surface area contributed by atoms with Crippen LogP contribution in [0.3, 0.4) is 0 Å². The highest BCUT2D eigenvalue weighted by molar-refractivity contribution is 6.08. The summed E-state index contributed by atoms with van der Waals surface area (Å²) in [7, 11) is 0. The molecule has 2 aliphatic rings. The van der Waals surface area contributed by atoms with Gasteiger partial charge in [0.05, 0.1) is 13.2 Å². The van der Waals surface area contributed by atoms with Crippen LogP contribution in [0.15, 0.2) is 54.6 Å². The zero-order valence-electron chi connectivity index (χ0n) is 13.7. The van der Waals surface area contributed by atoms with Crippen molar-refractivity contribution >= 4 is 11.6 Å². The van der Waals surface area contributed by atoms with Crippen molar-refractivity contribution in [2.24, 2.45) is 0 Å². The zero-order valence-corrected chi connectivity index (χ0v) is 13.7. The highest BCUT2D eigenvalue weighted by atomic mass is 16.5. The highest BCUT2D eigenvalue weighted by Gasteiger charge is 2.47. The molecule has 0 aromatic heterocycles. The van der Waals surface area contributed by atoms with Gasteiger partial charge >= 0.3 is 0 Å². The van der Waals surface area contributed by atoms with Crippen molar-refractivity contribution in [2.75, 3.05) is 38.2 Å². The molecule has 2 aliphatic heterocycles. The molecule has 2 heterocycles. The predicted octanol–water partition coefficient (Wildman–Crippen LogP) is 2.65. The third-order valence-corrected chi connectivity index (χ3v) is 5.20. The third kappa shape index (κ3) is 2.52. The Morgan fingerprint density at radius 3 is 2.50 bits per heavy atom. The van der Waals surface area contributed by atoms with Crippen molar-refractivity contribution in [1.29, 1.82) is 0 Å². The average molecular weight is 322 g/mol. The Kier molecular flexibility index (Phi) is 4.08. The number of amides is 1. The van der Waals surface area contributed by atoms with Gasteiger partial charge in [-0.3, -0.25) is 9.69 Å². The second kappa shape index (κ2) is 6.38. The molecular formula is C20H22N2O2. The van der Waals surface area contributed by atoms with Gasteiger partial charge in [-0.1, -0.05) is 48.5 Å². The fourth-order valence-electron chi connectivity index (χ4n) is 3.87. The van der Waals surface area contributed by atoms with Gasteiger partial charge in [-0.05, 0) is 23.6 Å². The van der Waals surface area contributed by atoms with E-state index in [1.54, 1.807) is 0 Å². The summed E-state index contributed by atoms with van der Waals surface area (Å²) in [5.74, 6) is 0.0863. The summed E-state index contributed by atoms with van der Waals surface area (Å²) in [5, 5.41) is 3.09. The van der Waals surface area contributed by atoms with Crippen molar-refractivity contribution in [2.45, 2.75) is 11.8 Å². The van der Waals surface area contributed by atoms with Gasteiger partial charge in [0.15, 0.2) is 0 Å². The lowest BCUT2D eigenvalue weighted by atomic mass is 9.73. The Hall–Kier alpha value is -2.17. The van der Waals surface area contributed by atoms with E-state index in [4.69, 9.17) is 4.74 Å². The van der Waals surface area contributed by atoms with Crippen LogP contribution >= 0.6 is 0 Å². The third-order valence-electron chi connectivity index (χ3n) is 5.20. The largest absolute Gasteiger partial charge is 0.379 e. The van der Waals surface area contributed by atoms with E-state index in [1.807, 2.05) is 36.4 Å². The second-order valence-electron chi connectivity index (χ2n) is 6.48. The Bertz CT molecular complexity index is 725. The quantitative estimate of drug-likeness (QED) is 0.941. The topological polar surface area (TPSA) is 41.6 Å². The molecule has 0 aliphatic carbocycles. The van der Waals surface area contributed by atoms with Gasteiger partial charge in [0.1, 0.15) is 5.41 Å². The van der Waals surface area contributed by atoms with E-state index in [2.05, 4.69) is 28.4 Å². The Morgan fingerprint density at radius 1 is 1.00 bits per heavy atom. The summed E-state index contributed by atoms with van der Waals surface area (Å²) in [5.41, 5.74) is 2.50. The smallest absolute Gasteiger partial charge is 0.239 e. The van der Waals surface area contributed by atoms with Crippen LogP contribution in [-0.2, 0) is 14.9 Å². The first-order valence-corrected chi connectivity index (χ1v) is 8.57. The zero-order chi connectivity index (χ0) is 16.4. The molecule has 24 heavy (non-hydrogen) atoms. The van der Waals surface area contributed by atoms with Crippen LogP contribution in [0.5, 0.6) is 0 Å². The molecule has 1 N–H and O–H groups in total. The van der Waals surface area contributed by atoms with E-state index in [9.17, 15) is 4.79 Å². The summed E-state index contributed by atoms with van der Waals surface area (Å²) < 4.78 is 5.44. The number of nitrogens with zero attached hydrogens (tertiary/aromatic N) is 1. The van der Waals surface area contributed by atoms with Gasteiger partial charge in [0.25, 0.3) is 0 Å². The molecule has 0 saturated carbocycles. The molecule has 4 nitrogen and oxygen atoms in total. The minimum atomic E-state index is -0.601. The van der Waals surface area contributed by atoms with Crippen molar-refractivity contribution in [3.05, 3.63) is 65.7 Å². The molecule has 1 unspecified atom stereocenters. The summed E-state index contributed by atoms with van der Waals surface area (Å²) in [6.45, 7) is 4.32. The van der Waals surface area contributed by atoms with E-state index < -0.39 is 5.41 Å². The number of hydrogen-bond donors (Lipinski definition) is 1. The highest BCUT2D eigenvalue weighted by Crippen LogP contribution is 2.45. The number of morpholine rings is 1. The number of carbonyl (C=O) groups is 1. The minimum absolute atomic E-state index is 0.0863. The predicted molar refractivity (Wildman–Crippen MR) is 94.2 cm³/mol. The number of ether oxygens (including phenoxy) is 1. The Balaban J connectivity index is 1.72. The van der Waals surface area contributed by atoms with E-state index in [0.717, 1.165) is 56.1 Å². The van der Waals surface area contributed by atoms with Crippen LogP contribution in [0, 0.1) is 0 Å². The SMILES string of the molecule is O=C1Nc2ccccc2C1(CCN1CCOCC1)c1ccccc1. The fraction of sp³-hybridized carbons (Fsp3) is 0.350. The maximum absolute atomic E-state index is 13.1. The molecule has 4 rings (SSSR count). The van der Waals surface area contributed by atoms with Crippen molar-refractivity contribution in [3.63, 3.8) is 0 Å². The number of rotatable bonds is 4. The van der Waals surface area contributed by atoms with E-state index in [1.165, 1.54) is 0 Å². The van der Waals surface area contributed by atoms with Crippen LogP contribution in [0.4, 0.5) is 5.69 Å². The van der Waals surface area contributed by atoms with Crippen LogP contribution < -0.4 is 5.32 Å². The lowest BCUT2D eigenvalue weighted by Crippen LogP contribution is -2.43. The number of nitrogens with one attached hydrogen (secondary N) is 1. The maximum atomic E-state index is 13.1. The van der Waals surface area contributed by atoms with Crippen LogP contribution in [0.25, 0.3) is 0 Å². The van der Waals surface area contributed by atoms with Gasteiger partial charge < -0.3 is 10.1 Å². The fourth-order valence-corrected chi connectivity index (χ4v) is 3.87. The number of anilines is 1. The Morgan fingerprint density at radius 2 is 1.71 bits per heavy atom. The molecule has 4 heteroatoms. The molecule has 1 amide bonds. The Labute approximate surface area is 142 Å². The lowest BCUT2D eigenvalue weighted by molar-refractivity contribution is -0.119. The van der Waals surface area contributed by atoms with E-state index >= 15 is 0 Å². The molecular weight excluding hydrogens is 300 g/mol. The summed E-state index contributed by atoms with van der Waals surface area (Å²) >= 11 is 0. The van der Waals surface area contributed by atoms with Crippen LogP contribution in [0.1, 0.15) is 17.5 Å². The van der Waals surface area contributed by atoms with Crippen LogP contribution in [-0.4, -0.2) is 43.7 Å². The molecule has 2 aromatic rings. The van der Waals surface area contributed by atoms with Gasteiger partial charge in [0.2, 0.25) is 5.91 Å². The number of benzene rings is 2. The monoisotopic (exact) mass is 322 g/mol. The van der Waals surface area contributed by atoms with E-state index in [0.29, 0.717) is 0 Å². The van der Waals surface area contributed by atoms with E-state index in [-0.39, 0.29) is 5.91 Å². The molecule has 1 atom stereocenters. The first kappa shape index (κ1) is 15.4. The second-order valence-corrected chi connectivity index (χ2v) is 6.48. The number of hydrogen-bond acceptors (Lipinski definition) is 3. The normalized spacial score (nSPS) is 23.8. The summed E-state index contributed by atoms with van der Waals surface area (Å²) in [6.07, 6.45) is 0.778. The van der Waals surface area contributed by atoms with Gasteiger partial charge in [-0.25, -0.2) is 0 Å². The summed E-state index contributed by atoms with van der Waals surface area (Å²) in [6, 6.07) is 18.2. The molecule has 124 valence electrons. The first-order valence-electron chi connectivity index (χ1n) is 8.57. The maximum Gasteiger partial charge on any atom is 0.239 e. The summed E-state index contributed by atoms with van der Waals surface area (Å²) in [4.78, 5) is 15.5. The molecule has 1 fully saturated rings. The molecule has 0 spiro atoms. The molecule has 1 saturated heterocycles. The van der Waals surface area contributed by atoms with Gasteiger partial charge in [-0.2, -0.15) is 0 Å². The number of para-hydroxylation sites is 1. The van der Waals surface area contributed by atoms with Crippen molar-refractivity contribution < 1.29 is 9.53 Å². The number of carbonyl (C=O) groups excluding carboxylic acids is 1. The molecule has 2 aromatic carbocycles. The van der Waals surface area contributed by atoms with Gasteiger partial charge in [0, 0.05) is 25.3 Å². The van der Waals surface area contributed by atoms with Crippen LogP contribution in [0.2, 0.25) is 0 Å². The average Bonchev–Trinajstić information content (AvgIpc) is 2.94. The minimum Gasteiger partial charge on any atom is -0.379 e. The van der Waals surface area contributed by atoms with Crippen molar-refractivity contribution in [3.8, 4) is 0 Å². The first-order chi connectivity index (χ1) is 11.8.